The Hall–Kier alpha value is -4.67. The Morgan fingerprint density at radius 1 is 0.526 bits per heavy atom. The molecule has 5 aromatic carbocycles. The van der Waals surface area contributed by atoms with Crippen molar-refractivity contribution in [2.45, 2.75) is 0 Å². The van der Waals surface area contributed by atoms with Crippen LogP contribution in [0.1, 0.15) is 0 Å². The van der Waals surface area contributed by atoms with Crippen LogP contribution < -0.4 is 0 Å². The van der Waals surface area contributed by atoms with Crippen molar-refractivity contribution < 1.29 is 4.39 Å². The molecule has 2 heterocycles. The fraction of sp³-hybridized carbons (Fsp3) is 0. The third-order valence-electron chi connectivity index (χ3n) is 6.84. The molecular weight excluding hydrogens is 487 g/mol. The van der Waals surface area contributed by atoms with Gasteiger partial charge in [0.05, 0.1) is 15.9 Å². The van der Waals surface area contributed by atoms with Crippen molar-refractivity contribution in [2.75, 3.05) is 0 Å². The summed E-state index contributed by atoms with van der Waals surface area (Å²) in [5.74, 6) is -0.220. The lowest BCUT2D eigenvalue weighted by Gasteiger charge is -2.08. The molecule has 0 N–H and O–H groups in total. The van der Waals surface area contributed by atoms with Crippen LogP contribution in [-0.2, 0) is 0 Å². The predicted octanol–water partition coefficient (Wildman–Crippen LogP) is 9.65. The summed E-state index contributed by atoms with van der Waals surface area (Å²) in [5.41, 5.74) is 8.47. The molecule has 0 atom stereocenters. The Labute approximate surface area is 223 Å². The summed E-state index contributed by atoms with van der Waals surface area (Å²) < 4.78 is 14.4. The van der Waals surface area contributed by atoms with Crippen LogP contribution in [0.25, 0.3) is 65.1 Å². The second-order valence-electron chi connectivity index (χ2n) is 9.28. The third-order valence-corrected chi connectivity index (χ3v) is 7.92. The number of para-hydroxylation sites is 1. The Bertz CT molecular complexity index is 1870. The van der Waals surface area contributed by atoms with Crippen molar-refractivity contribution >= 4 is 32.3 Å². The first-order valence-corrected chi connectivity index (χ1v) is 13.2. The molecule has 0 aliphatic heterocycles. The molecule has 0 radical (unpaired) electrons. The average molecular weight is 509 g/mol. The van der Waals surface area contributed by atoms with Crippen molar-refractivity contribution in [1.82, 2.24) is 9.97 Å². The first kappa shape index (κ1) is 22.5. The van der Waals surface area contributed by atoms with Crippen LogP contribution in [0.15, 0.2) is 128 Å². The van der Waals surface area contributed by atoms with E-state index in [0.717, 1.165) is 49.6 Å². The molecule has 0 aliphatic rings. The lowest BCUT2D eigenvalue weighted by molar-refractivity contribution is 0.628. The molecule has 0 saturated heterocycles. The number of thiazole rings is 1. The molecule has 0 spiro atoms. The maximum absolute atomic E-state index is 13.2. The van der Waals surface area contributed by atoms with Gasteiger partial charge in [0.25, 0.3) is 0 Å². The molecule has 4 heteroatoms. The molecular formula is C34H21FN2S. The van der Waals surface area contributed by atoms with Crippen molar-refractivity contribution in [3.8, 4) is 44.1 Å². The quantitative estimate of drug-likeness (QED) is 0.236. The molecule has 180 valence electrons. The van der Waals surface area contributed by atoms with Gasteiger partial charge < -0.3 is 0 Å². The number of fused-ring (bicyclic) bond motifs is 2. The summed E-state index contributed by atoms with van der Waals surface area (Å²) >= 11 is 1.69. The van der Waals surface area contributed by atoms with Gasteiger partial charge in [0.1, 0.15) is 10.8 Å². The van der Waals surface area contributed by atoms with E-state index >= 15 is 0 Å². The molecule has 2 nitrogen and oxygen atoms in total. The molecule has 0 saturated carbocycles. The van der Waals surface area contributed by atoms with Gasteiger partial charge in [-0.2, -0.15) is 0 Å². The monoisotopic (exact) mass is 508 g/mol. The van der Waals surface area contributed by atoms with E-state index < -0.39 is 0 Å². The van der Waals surface area contributed by atoms with Crippen molar-refractivity contribution in [2.24, 2.45) is 0 Å². The zero-order valence-corrected chi connectivity index (χ0v) is 21.1. The molecule has 0 aliphatic carbocycles. The molecule has 7 aromatic rings. The lowest BCUT2D eigenvalue weighted by Crippen LogP contribution is -1.86. The van der Waals surface area contributed by atoms with Crippen molar-refractivity contribution in [3.63, 3.8) is 0 Å². The SMILES string of the molecule is Fc1ccc(-c2ccc(-c3ccc4cc(-c5ccc(-c6nc7ccccc7s6)cn5)ccc4c3)cc2)cc1. The van der Waals surface area contributed by atoms with E-state index in [4.69, 9.17) is 9.97 Å². The second kappa shape index (κ2) is 9.33. The molecule has 38 heavy (non-hydrogen) atoms. The Balaban J connectivity index is 1.14. The summed E-state index contributed by atoms with van der Waals surface area (Å²) in [6.07, 6.45) is 1.91. The van der Waals surface area contributed by atoms with E-state index in [9.17, 15) is 4.39 Å². The Kier molecular flexibility index (Phi) is 5.53. The molecule has 0 unspecified atom stereocenters. The zero-order chi connectivity index (χ0) is 25.5. The first-order valence-electron chi connectivity index (χ1n) is 12.4. The fourth-order valence-corrected chi connectivity index (χ4v) is 5.72. The van der Waals surface area contributed by atoms with Crippen LogP contribution in [0, 0.1) is 5.82 Å². The van der Waals surface area contributed by atoms with Crippen LogP contribution in [0.4, 0.5) is 4.39 Å². The topological polar surface area (TPSA) is 25.8 Å². The zero-order valence-electron chi connectivity index (χ0n) is 20.3. The minimum Gasteiger partial charge on any atom is -0.256 e. The van der Waals surface area contributed by atoms with Crippen molar-refractivity contribution in [1.29, 1.82) is 0 Å². The lowest BCUT2D eigenvalue weighted by atomic mass is 9.97. The molecule has 0 amide bonds. The summed E-state index contributed by atoms with van der Waals surface area (Å²) in [4.78, 5) is 9.50. The van der Waals surface area contributed by atoms with E-state index in [1.807, 2.05) is 24.4 Å². The van der Waals surface area contributed by atoms with Crippen molar-refractivity contribution in [3.05, 3.63) is 133 Å². The number of hydrogen-bond donors (Lipinski definition) is 0. The van der Waals surface area contributed by atoms with Gasteiger partial charge in [0, 0.05) is 17.3 Å². The predicted molar refractivity (Wildman–Crippen MR) is 157 cm³/mol. The normalized spacial score (nSPS) is 11.3. The largest absolute Gasteiger partial charge is 0.256 e. The highest BCUT2D eigenvalue weighted by Gasteiger charge is 2.08. The third kappa shape index (κ3) is 4.25. The number of aromatic nitrogens is 2. The summed E-state index contributed by atoms with van der Waals surface area (Å²) in [5, 5.41) is 3.34. The highest BCUT2D eigenvalue weighted by Crippen LogP contribution is 2.32. The van der Waals surface area contributed by atoms with E-state index in [0.29, 0.717) is 0 Å². The van der Waals surface area contributed by atoms with E-state index in [1.54, 1.807) is 23.5 Å². The molecule has 7 rings (SSSR count). The van der Waals surface area contributed by atoms with Gasteiger partial charge in [-0.1, -0.05) is 72.8 Å². The maximum Gasteiger partial charge on any atom is 0.126 e. The van der Waals surface area contributed by atoms with Gasteiger partial charge in [-0.3, -0.25) is 4.98 Å². The van der Waals surface area contributed by atoms with Crippen LogP contribution in [0.5, 0.6) is 0 Å². The van der Waals surface area contributed by atoms with Gasteiger partial charge >= 0.3 is 0 Å². The van der Waals surface area contributed by atoms with Crippen LogP contribution in [0.2, 0.25) is 0 Å². The Morgan fingerprint density at radius 2 is 1.11 bits per heavy atom. The Morgan fingerprint density at radius 3 is 1.79 bits per heavy atom. The number of hydrogen-bond acceptors (Lipinski definition) is 3. The molecule has 0 bridgehead atoms. The highest BCUT2D eigenvalue weighted by molar-refractivity contribution is 7.21. The number of rotatable bonds is 4. The van der Waals surface area contributed by atoms with Gasteiger partial charge in [-0.15, -0.1) is 11.3 Å². The van der Waals surface area contributed by atoms with Crippen LogP contribution in [0.3, 0.4) is 0 Å². The van der Waals surface area contributed by atoms with E-state index in [-0.39, 0.29) is 5.82 Å². The van der Waals surface area contributed by atoms with E-state index in [1.165, 1.54) is 27.6 Å². The van der Waals surface area contributed by atoms with Crippen LogP contribution >= 0.6 is 11.3 Å². The number of benzene rings is 5. The molecule has 0 fully saturated rings. The minimum atomic E-state index is -0.220. The first-order chi connectivity index (χ1) is 18.7. The van der Waals surface area contributed by atoms with Gasteiger partial charge in [0.2, 0.25) is 0 Å². The smallest absolute Gasteiger partial charge is 0.126 e. The minimum absolute atomic E-state index is 0.220. The fourth-order valence-electron chi connectivity index (χ4n) is 4.77. The van der Waals surface area contributed by atoms with Gasteiger partial charge in [0.15, 0.2) is 0 Å². The standard InChI is InChI=1S/C34H21FN2S/c35-30-16-13-23(14-17-30)22-5-7-24(8-6-22)25-9-10-27-20-28(12-11-26(27)19-25)31-18-15-29(21-36-31)34-37-32-3-1-2-4-33(32)38-34/h1-21H. The second-order valence-corrected chi connectivity index (χ2v) is 10.3. The summed E-state index contributed by atoms with van der Waals surface area (Å²) in [7, 11) is 0. The maximum atomic E-state index is 13.2. The van der Waals surface area contributed by atoms with E-state index in [2.05, 4.69) is 78.9 Å². The number of pyridine rings is 1. The average Bonchev–Trinajstić information content (AvgIpc) is 3.42. The molecule has 2 aromatic heterocycles. The van der Waals surface area contributed by atoms with Gasteiger partial charge in [-0.05, 0) is 81.6 Å². The number of halogens is 1. The number of nitrogens with zero attached hydrogens (tertiary/aromatic N) is 2. The summed E-state index contributed by atoms with van der Waals surface area (Å²) in [6.45, 7) is 0. The van der Waals surface area contributed by atoms with Crippen LogP contribution in [-0.4, -0.2) is 9.97 Å². The van der Waals surface area contributed by atoms with Gasteiger partial charge in [-0.25, -0.2) is 9.37 Å². The summed E-state index contributed by atoms with van der Waals surface area (Å²) in [6, 6.07) is 40.4. The highest BCUT2D eigenvalue weighted by atomic mass is 32.1.